The van der Waals surface area contributed by atoms with Crippen LogP contribution in [0.15, 0.2) is 65.3 Å². The highest BCUT2D eigenvalue weighted by Crippen LogP contribution is 2.20. The van der Waals surface area contributed by atoms with Crippen LogP contribution in [0.4, 0.5) is 0 Å². The third-order valence-electron chi connectivity index (χ3n) is 5.36. The van der Waals surface area contributed by atoms with E-state index >= 15 is 0 Å². The summed E-state index contributed by atoms with van der Waals surface area (Å²) in [5, 5.41) is 2.96. The summed E-state index contributed by atoms with van der Waals surface area (Å²) in [5.41, 5.74) is 4.17. The number of carbonyl (C=O) groups excluding carboxylic acids is 1. The third-order valence-corrected chi connectivity index (χ3v) is 5.36. The largest absolute Gasteiger partial charge is 0.447 e. The summed E-state index contributed by atoms with van der Waals surface area (Å²) in [4.78, 5) is 18.9. The van der Waals surface area contributed by atoms with Crippen molar-refractivity contribution in [3.63, 3.8) is 0 Å². The van der Waals surface area contributed by atoms with E-state index in [2.05, 4.69) is 77.6 Å². The molecule has 5 nitrogen and oxygen atoms in total. The number of oxazole rings is 1. The van der Waals surface area contributed by atoms with Gasteiger partial charge in [-0.1, -0.05) is 68.4 Å². The molecule has 3 aromatic rings. The van der Waals surface area contributed by atoms with Gasteiger partial charge in [-0.15, -0.1) is 0 Å². The number of hydrogen-bond donors (Lipinski definition) is 1. The molecular weight excluding hydrogens is 374 g/mol. The second kappa shape index (κ2) is 9.26. The normalized spacial score (nSPS) is 13.7. The minimum atomic E-state index is -0.147. The smallest absolute Gasteiger partial charge is 0.273 e. The standard InChI is InChI=1S/C25H29N3O2/c1-18(2)21-10-8-20(9-11-21)15-28(14-19-6-4-3-5-7-19)16-24-27-23(17-30-24)25(29)26-22-12-13-22/h3-11,17-18,22H,12-16H2,1-2H3,(H,26,29). The first-order valence-corrected chi connectivity index (χ1v) is 10.7. The molecule has 0 bridgehead atoms. The van der Waals surface area contributed by atoms with Gasteiger partial charge in [0.25, 0.3) is 5.91 Å². The first-order chi connectivity index (χ1) is 14.6. The number of nitrogens with zero attached hydrogens (tertiary/aromatic N) is 2. The molecular formula is C25H29N3O2. The lowest BCUT2D eigenvalue weighted by molar-refractivity contribution is 0.0946. The summed E-state index contributed by atoms with van der Waals surface area (Å²) in [6.45, 7) is 6.50. The van der Waals surface area contributed by atoms with Crippen LogP contribution in [0, 0.1) is 0 Å². The number of amides is 1. The first-order valence-electron chi connectivity index (χ1n) is 10.7. The third kappa shape index (κ3) is 5.57. The lowest BCUT2D eigenvalue weighted by atomic mass is 10.0. The number of nitrogens with one attached hydrogen (secondary N) is 1. The average Bonchev–Trinajstić information content (AvgIpc) is 3.43. The van der Waals surface area contributed by atoms with Gasteiger partial charge < -0.3 is 9.73 Å². The fourth-order valence-corrected chi connectivity index (χ4v) is 3.44. The second-order valence-electron chi connectivity index (χ2n) is 8.40. The molecule has 1 aliphatic rings. The molecule has 5 heteroatoms. The number of rotatable bonds is 9. The molecule has 0 aliphatic heterocycles. The van der Waals surface area contributed by atoms with Gasteiger partial charge in [-0.25, -0.2) is 4.98 Å². The van der Waals surface area contributed by atoms with Gasteiger partial charge >= 0.3 is 0 Å². The van der Waals surface area contributed by atoms with E-state index in [1.54, 1.807) is 0 Å². The number of aromatic nitrogens is 1. The molecule has 1 aromatic heterocycles. The summed E-state index contributed by atoms with van der Waals surface area (Å²) in [5.74, 6) is 0.934. The molecule has 2 aromatic carbocycles. The zero-order valence-electron chi connectivity index (χ0n) is 17.7. The predicted octanol–water partition coefficient (Wildman–Crippen LogP) is 4.89. The van der Waals surface area contributed by atoms with E-state index in [1.165, 1.54) is 23.0 Å². The fraction of sp³-hybridized carbons (Fsp3) is 0.360. The Hall–Kier alpha value is -2.92. The van der Waals surface area contributed by atoms with Gasteiger partial charge in [-0.05, 0) is 35.4 Å². The van der Waals surface area contributed by atoms with Gasteiger partial charge in [0.15, 0.2) is 5.69 Å². The van der Waals surface area contributed by atoms with E-state index < -0.39 is 0 Å². The Labute approximate surface area is 178 Å². The molecule has 1 aliphatic carbocycles. The maximum absolute atomic E-state index is 12.2. The molecule has 0 atom stereocenters. The van der Waals surface area contributed by atoms with Gasteiger partial charge in [0.1, 0.15) is 6.26 Å². The van der Waals surface area contributed by atoms with Crippen molar-refractivity contribution in [3.8, 4) is 0 Å². The molecule has 1 fully saturated rings. The van der Waals surface area contributed by atoms with Crippen molar-refractivity contribution in [2.45, 2.75) is 58.3 Å². The van der Waals surface area contributed by atoms with E-state index in [0.29, 0.717) is 30.1 Å². The zero-order chi connectivity index (χ0) is 20.9. The van der Waals surface area contributed by atoms with Crippen molar-refractivity contribution in [1.82, 2.24) is 15.2 Å². The lowest BCUT2D eigenvalue weighted by Crippen LogP contribution is -2.26. The maximum Gasteiger partial charge on any atom is 0.273 e. The highest BCUT2D eigenvalue weighted by Gasteiger charge is 2.25. The van der Waals surface area contributed by atoms with Crippen molar-refractivity contribution in [2.24, 2.45) is 0 Å². The SMILES string of the molecule is CC(C)c1ccc(CN(Cc2ccccc2)Cc2nc(C(=O)NC3CC3)co2)cc1. The topological polar surface area (TPSA) is 58.4 Å². The summed E-state index contributed by atoms with van der Waals surface area (Å²) >= 11 is 0. The quantitative estimate of drug-likeness (QED) is 0.552. The van der Waals surface area contributed by atoms with Crippen LogP contribution in [0.1, 0.15) is 65.7 Å². The van der Waals surface area contributed by atoms with Crippen molar-refractivity contribution in [1.29, 1.82) is 0 Å². The van der Waals surface area contributed by atoms with Gasteiger partial charge in [0.2, 0.25) is 5.89 Å². The molecule has 0 saturated heterocycles. The number of benzene rings is 2. The molecule has 156 valence electrons. The Bertz CT molecular complexity index is 960. The molecule has 0 radical (unpaired) electrons. The molecule has 1 amide bonds. The van der Waals surface area contributed by atoms with Crippen LogP contribution in [0.25, 0.3) is 0 Å². The van der Waals surface area contributed by atoms with E-state index in [1.807, 2.05) is 6.07 Å². The summed E-state index contributed by atoms with van der Waals surface area (Å²) in [6.07, 6.45) is 3.57. The molecule has 0 spiro atoms. The van der Waals surface area contributed by atoms with Crippen molar-refractivity contribution in [3.05, 3.63) is 89.1 Å². The van der Waals surface area contributed by atoms with Gasteiger partial charge in [-0.2, -0.15) is 0 Å². The van der Waals surface area contributed by atoms with Crippen molar-refractivity contribution >= 4 is 5.91 Å². The number of hydrogen-bond acceptors (Lipinski definition) is 4. The molecule has 1 heterocycles. The minimum Gasteiger partial charge on any atom is -0.447 e. The van der Waals surface area contributed by atoms with E-state index in [-0.39, 0.29) is 5.91 Å². The van der Waals surface area contributed by atoms with Crippen LogP contribution in [-0.2, 0) is 19.6 Å². The molecule has 0 unspecified atom stereocenters. The Morgan fingerprint density at radius 2 is 1.70 bits per heavy atom. The highest BCUT2D eigenvalue weighted by molar-refractivity contribution is 5.92. The predicted molar refractivity (Wildman–Crippen MR) is 117 cm³/mol. The van der Waals surface area contributed by atoms with Crippen molar-refractivity contribution in [2.75, 3.05) is 0 Å². The molecule has 1 N–H and O–H groups in total. The Kier molecular flexibility index (Phi) is 6.29. The molecule has 4 rings (SSSR count). The van der Waals surface area contributed by atoms with Gasteiger partial charge in [-0.3, -0.25) is 9.69 Å². The number of carbonyl (C=O) groups is 1. The Morgan fingerprint density at radius 1 is 1.03 bits per heavy atom. The van der Waals surface area contributed by atoms with Crippen LogP contribution in [0.5, 0.6) is 0 Å². The zero-order valence-corrected chi connectivity index (χ0v) is 17.7. The van der Waals surface area contributed by atoms with Crippen molar-refractivity contribution < 1.29 is 9.21 Å². The van der Waals surface area contributed by atoms with Crippen LogP contribution < -0.4 is 5.32 Å². The van der Waals surface area contributed by atoms with Gasteiger partial charge in [0, 0.05) is 19.1 Å². The van der Waals surface area contributed by atoms with Crippen LogP contribution >= 0.6 is 0 Å². The van der Waals surface area contributed by atoms with Crippen LogP contribution in [-0.4, -0.2) is 21.8 Å². The van der Waals surface area contributed by atoms with E-state index in [4.69, 9.17) is 4.42 Å². The monoisotopic (exact) mass is 403 g/mol. The average molecular weight is 404 g/mol. The lowest BCUT2D eigenvalue weighted by Gasteiger charge is -2.21. The van der Waals surface area contributed by atoms with Crippen LogP contribution in [0.3, 0.4) is 0 Å². The summed E-state index contributed by atoms with van der Waals surface area (Å²) in [7, 11) is 0. The Morgan fingerprint density at radius 3 is 2.33 bits per heavy atom. The molecule has 1 saturated carbocycles. The maximum atomic E-state index is 12.2. The highest BCUT2D eigenvalue weighted by atomic mass is 16.3. The minimum absolute atomic E-state index is 0.147. The van der Waals surface area contributed by atoms with Crippen LogP contribution in [0.2, 0.25) is 0 Å². The fourth-order valence-electron chi connectivity index (χ4n) is 3.44. The van der Waals surface area contributed by atoms with E-state index in [9.17, 15) is 4.79 Å². The summed E-state index contributed by atoms with van der Waals surface area (Å²) < 4.78 is 5.63. The first kappa shape index (κ1) is 20.4. The van der Waals surface area contributed by atoms with Gasteiger partial charge in [0.05, 0.1) is 6.54 Å². The summed E-state index contributed by atoms with van der Waals surface area (Å²) in [6, 6.07) is 19.5. The second-order valence-corrected chi connectivity index (χ2v) is 8.40. The molecule has 30 heavy (non-hydrogen) atoms. The Balaban J connectivity index is 1.47. The van der Waals surface area contributed by atoms with E-state index in [0.717, 1.165) is 25.9 Å².